The largest absolute Gasteiger partial charge is 0.394 e. The van der Waals surface area contributed by atoms with Gasteiger partial charge in [0, 0.05) is 6.42 Å². The lowest BCUT2D eigenvalue weighted by atomic mass is 9.97. The summed E-state index contributed by atoms with van der Waals surface area (Å²) in [5, 5.41) is 86.8. The van der Waals surface area contributed by atoms with Crippen molar-refractivity contribution in [1.82, 2.24) is 5.32 Å². The fraction of sp³-hybridized carbons (Fsp3) is 0.603. The zero-order valence-corrected chi connectivity index (χ0v) is 46.4. The molecule has 9 N–H and O–H groups in total. The Morgan fingerprint density at radius 1 is 0.481 bits per heavy atom. The van der Waals surface area contributed by atoms with Gasteiger partial charge in [0.15, 0.2) is 12.6 Å². The molecule has 77 heavy (non-hydrogen) atoms. The summed E-state index contributed by atoms with van der Waals surface area (Å²) >= 11 is 0. The number of carbonyl (C=O) groups excluding carboxylic acids is 1. The lowest BCUT2D eigenvalue weighted by Gasteiger charge is -2.46. The molecule has 0 aromatic carbocycles. The summed E-state index contributed by atoms with van der Waals surface area (Å²) in [7, 11) is 0. The molecular formula is C63H99NO13. The Morgan fingerprint density at radius 3 is 1.40 bits per heavy atom. The van der Waals surface area contributed by atoms with Crippen molar-refractivity contribution in [3.05, 3.63) is 146 Å². The van der Waals surface area contributed by atoms with Crippen LogP contribution in [0.2, 0.25) is 0 Å². The summed E-state index contributed by atoms with van der Waals surface area (Å²) in [6.45, 7) is 2.54. The number of amides is 1. The van der Waals surface area contributed by atoms with E-state index in [1.54, 1.807) is 6.08 Å². The average Bonchev–Trinajstić information content (AvgIpc) is 3.43. The number of rotatable bonds is 42. The molecule has 1 amide bonds. The van der Waals surface area contributed by atoms with Crippen LogP contribution in [0.15, 0.2) is 146 Å². The zero-order chi connectivity index (χ0) is 56.0. The highest BCUT2D eigenvalue weighted by atomic mass is 16.7. The molecular weight excluding hydrogens is 979 g/mol. The second-order valence-electron chi connectivity index (χ2n) is 19.3. The van der Waals surface area contributed by atoms with E-state index in [2.05, 4.69) is 153 Å². The van der Waals surface area contributed by atoms with Gasteiger partial charge < -0.3 is 65.1 Å². The van der Waals surface area contributed by atoms with Crippen molar-refractivity contribution in [1.29, 1.82) is 0 Å². The minimum absolute atomic E-state index is 0.219. The number of unbranched alkanes of at least 4 members (excludes halogenated alkanes) is 7. The SMILES string of the molecule is CC/C=C\C/C=C\C/C=C\C/C=C\C/C=C\C/C=C\C/C=C\C/C=C\C/C=C\CCCCCC(=O)NC(COC1OC(CO)C(OC2OC(CO)C(O)C(O)C2O)C(O)C1O)C(O)/C=C/CC/C=C/CC/C=C/CCCC. The van der Waals surface area contributed by atoms with E-state index in [0.29, 0.717) is 12.8 Å². The van der Waals surface area contributed by atoms with E-state index in [0.717, 1.165) is 103 Å². The van der Waals surface area contributed by atoms with Crippen LogP contribution in [0.1, 0.15) is 149 Å². The molecule has 0 aromatic rings. The maximum atomic E-state index is 13.2. The van der Waals surface area contributed by atoms with Crippen molar-refractivity contribution in [3.63, 3.8) is 0 Å². The number of allylic oxidation sites excluding steroid dienone is 23. The molecule has 2 rings (SSSR count). The minimum atomic E-state index is -1.80. The average molecular weight is 1080 g/mol. The normalized spacial score (nSPS) is 25.8. The smallest absolute Gasteiger partial charge is 0.220 e. The summed E-state index contributed by atoms with van der Waals surface area (Å²) in [6.07, 6.45) is 53.2. The van der Waals surface area contributed by atoms with Gasteiger partial charge in [0.2, 0.25) is 5.91 Å². The van der Waals surface area contributed by atoms with Gasteiger partial charge in [0.25, 0.3) is 0 Å². The summed E-state index contributed by atoms with van der Waals surface area (Å²) < 4.78 is 22.7. The molecule has 12 atom stereocenters. The second-order valence-corrected chi connectivity index (χ2v) is 19.3. The van der Waals surface area contributed by atoms with Crippen molar-refractivity contribution < 1.29 is 64.6 Å². The highest BCUT2D eigenvalue weighted by Crippen LogP contribution is 2.30. The molecule has 0 aliphatic carbocycles. The van der Waals surface area contributed by atoms with Gasteiger partial charge in [0.1, 0.15) is 48.8 Å². The highest BCUT2D eigenvalue weighted by molar-refractivity contribution is 5.76. The van der Waals surface area contributed by atoms with Gasteiger partial charge in [-0.3, -0.25) is 4.79 Å². The Balaban J connectivity index is 1.76. The first kappa shape index (κ1) is 69.0. The van der Waals surface area contributed by atoms with Crippen LogP contribution < -0.4 is 5.32 Å². The first-order valence-corrected chi connectivity index (χ1v) is 28.6. The molecule has 2 aliphatic heterocycles. The molecule has 2 fully saturated rings. The van der Waals surface area contributed by atoms with Crippen molar-refractivity contribution in [2.24, 2.45) is 0 Å². The number of aliphatic hydroxyl groups excluding tert-OH is 8. The highest BCUT2D eigenvalue weighted by Gasteiger charge is 2.51. The first-order valence-electron chi connectivity index (χ1n) is 28.6. The van der Waals surface area contributed by atoms with E-state index >= 15 is 0 Å². The molecule has 0 spiro atoms. The van der Waals surface area contributed by atoms with Crippen molar-refractivity contribution >= 4 is 5.91 Å². The Morgan fingerprint density at radius 2 is 0.909 bits per heavy atom. The Kier molecular flexibility index (Phi) is 41.9. The van der Waals surface area contributed by atoms with Gasteiger partial charge in [-0.2, -0.15) is 0 Å². The maximum Gasteiger partial charge on any atom is 0.220 e. The topological polar surface area (TPSA) is 228 Å². The molecule has 2 aliphatic rings. The van der Waals surface area contributed by atoms with Crippen LogP contribution in [0, 0.1) is 0 Å². The molecule has 2 heterocycles. The molecule has 0 radical (unpaired) electrons. The molecule has 0 aromatic heterocycles. The standard InChI is InChI=1S/C63H99NO13/c1-3-5-7-9-11-13-15-17-18-19-20-21-22-23-24-25-26-27-28-29-30-31-32-33-34-35-37-39-41-43-45-47-55(68)64-51(52(67)46-44-42-40-38-36-16-14-12-10-8-6-4-2)50-74-62-60(73)58(71)61(54(49-66)76-62)77-63-59(72)57(70)56(69)53(48-65)75-63/h5,7,10-13,17-18,20-21,23-24,26-27,29-30,32-33,35-38,44,46,51-54,56-63,65-67,69-73H,3-4,6,8-9,14-16,19,22,25,28,31,34,39-43,45,47-50H2,1-2H3,(H,64,68)/b7-5-,12-10+,13-11-,18-17-,21-20-,24-23-,27-26-,30-29-,33-32-,37-35-,38-36+,46-44+. The van der Waals surface area contributed by atoms with Crippen LogP contribution >= 0.6 is 0 Å². The van der Waals surface area contributed by atoms with E-state index in [9.17, 15) is 45.6 Å². The van der Waals surface area contributed by atoms with E-state index in [4.69, 9.17) is 18.9 Å². The van der Waals surface area contributed by atoms with E-state index in [-0.39, 0.29) is 18.9 Å². The number of ether oxygens (including phenoxy) is 4. The van der Waals surface area contributed by atoms with Crippen LogP contribution in [-0.4, -0.2) is 140 Å². The Bertz CT molecular complexity index is 1840. The number of carbonyl (C=O) groups is 1. The number of aliphatic hydroxyl groups is 8. The summed E-state index contributed by atoms with van der Waals surface area (Å²) in [5.41, 5.74) is 0. The third-order valence-electron chi connectivity index (χ3n) is 12.7. The zero-order valence-electron chi connectivity index (χ0n) is 46.4. The van der Waals surface area contributed by atoms with Crippen molar-refractivity contribution in [2.45, 2.75) is 222 Å². The molecule has 0 bridgehead atoms. The van der Waals surface area contributed by atoms with E-state index in [1.807, 2.05) is 6.08 Å². The minimum Gasteiger partial charge on any atom is -0.394 e. The van der Waals surface area contributed by atoms with Gasteiger partial charge in [-0.25, -0.2) is 0 Å². The summed E-state index contributed by atoms with van der Waals surface area (Å²) in [6, 6.07) is -0.966. The summed E-state index contributed by atoms with van der Waals surface area (Å²) in [5.74, 6) is -0.295. The Labute approximate surface area is 462 Å². The fourth-order valence-electron chi connectivity index (χ4n) is 8.12. The number of hydrogen-bond donors (Lipinski definition) is 9. The van der Waals surface area contributed by atoms with Crippen LogP contribution in [0.3, 0.4) is 0 Å². The van der Waals surface area contributed by atoms with Crippen LogP contribution in [0.4, 0.5) is 0 Å². The third kappa shape index (κ3) is 32.5. The molecule has 12 unspecified atom stereocenters. The lowest BCUT2D eigenvalue weighted by molar-refractivity contribution is -0.359. The van der Waals surface area contributed by atoms with Crippen molar-refractivity contribution in [3.8, 4) is 0 Å². The van der Waals surface area contributed by atoms with Crippen molar-refractivity contribution in [2.75, 3.05) is 19.8 Å². The molecule has 434 valence electrons. The van der Waals surface area contributed by atoms with E-state index in [1.165, 1.54) is 12.8 Å². The fourth-order valence-corrected chi connectivity index (χ4v) is 8.12. The number of hydrogen-bond acceptors (Lipinski definition) is 13. The molecule has 2 saturated heterocycles. The van der Waals surface area contributed by atoms with Crippen LogP contribution in [0.5, 0.6) is 0 Å². The second kappa shape index (κ2) is 46.8. The predicted molar refractivity (Wildman–Crippen MR) is 308 cm³/mol. The predicted octanol–water partition coefficient (Wildman–Crippen LogP) is 9.38. The quantitative estimate of drug-likeness (QED) is 0.0205. The molecule has 0 saturated carbocycles. The first-order chi connectivity index (χ1) is 37.6. The molecule has 14 heteroatoms. The van der Waals surface area contributed by atoms with E-state index < -0.39 is 86.8 Å². The van der Waals surface area contributed by atoms with Gasteiger partial charge in [-0.15, -0.1) is 0 Å². The van der Waals surface area contributed by atoms with Gasteiger partial charge in [-0.05, 0) is 109 Å². The summed E-state index contributed by atoms with van der Waals surface area (Å²) in [4.78, 5) is 13.2. The maximum absolute atomic E-state index is 13.2. The Hall–Kier alpha value is -4.13. The lowest BCUT2D eigenvalue weighted by Crippen LogP contribution is -2.65. The third-order valence-corrected chi connectivity index (χ3v) is 12.7. The van der Waals surface area contributed by atoms with Gasteiger partial charge in [0.05, 0.1) is 32.0 Å². The monoisotopic (exact) mass is 1080 g/mol. The van der Waals surface area contributed by atoms with Crippen LogP contribution in [0.25, 0.3) is 0 Å². The van der Waals surface area contributed by atoms with Crippen LogP contribution in [-0.2, 0) is 23.7 Å². The van der Waals surface area contributed by atoms with Gasteiger partial charge in [-0.1, -0.05) is 179 Å². The molecule has 14 nitrogen and oxygen atoms in total. The number of nitrogens with one attached hydrogen (secondary N) is 1. The van der Waals surface area contributed by atoms with Gasteiger partial charge >= 0.3 is 0 Å².